The number of imidazole rings is 1. The molecule has 0 fully saturated rings. The molecule has 652 valence electrons. The Morgan fingerprint density at radius 3 is 1.16 bits per heavy atom. The number of aliphatic imine (C=N–C) groups is 1. The molecule has 0 bridgehead atoms. The van der Waals surface area contributed by atoms with Crippen molar-refractivity contribution in [2.45, 2.75) is 54.4 Å². The number of aryl methyl sites for hydroxylation is 6. The number of H-pyrrole nitrogens is 1. The molecule has 0 saturated carbocycles. The van der Waals surface area contributed by atoms with Gasteiger partial charge in [-0.1, -0.05) is 84.9 Å². The predicted octanol–water partition coefficient (Wildman–Crippen LogP) is 24.6. The number of rotatable bonds is 12. The minimum atomic E-state index is 0.0405. The Kier molecular flexibility index (Phi) is 25.6. The zero-order valence-corrected chi connectivity index (χ0v) is 74.7. The number of fused-ring (bicyclic) bond motifs is 6. The van der Waals surface area contributed by atoms with E-state index in [0.717, 1.165) is 237 Å². The van der Waals surface area contributed by atoms with Crippen molar-refractivity contribution >= 4 is 56.3 Å². The maximum Gasteiger partial charge on any atom is 0.231 e. The molecule has 3 aliphatic rings. The molecule has 21 aromatic rings. The Bertz CT molecular complexity index is 7830. The summed E-state index contributed by atoms with van der Waals surface area (Å²) in [5.41, 5.74) is 37.3. The monoisotopic (exact) mass is 1760 g/mol. The van der Waals surface area contributed by atoms with E-state index < -0.39 is 0 Å². The second-order valence-electron chi connectivity index (χ2n) is 32.2. The zero-order valence-electron chi connectivity index (χ0n) is 74.7. The predicted molar refractivity (Wildman–Crippen MR) is 534 cm³/mol. The minimum absolute atomic E-state index is 0.0405. The highest BCUT2D eigenvalue weighted by atomic mass is 16.7. The molecule has 1 amide bonds. The zero-order chi connectivity index (χ0) is 91.9. The van der Waals surface area contributed by atoms with Crippen LogP contribution in [0.3, 0.4) is 0 Å². The summed E-state index contributed by atoms with van der Waals surface area (Å²) in [5, 5.41) is 5.18. The van der Waals surface area contributed by atoms with Gasteiger partial charge in [-0.2, -0.15) is 0 Å². The number of pyridine rings is 13. The summed E-state index contributed by atoms with van der Waals surface area (Å²) in [4.78, 5) is 91.4. The number of aromatic nitrogens is 17. The third kappa shape index (κ3) is 20.1. The molecule has 0 spiro atoms. The van der Waals surface area contributed by atoms with E-state index in [1.807, 2.05) is 315 Å². The minimum Gasteiger partial charge on any atom is -0.454 e. The number of carbonyl (C=O) groups is 1. The van der Waals surface area contributed by atoms with Crippen LogP contribution in [0.2, 0.25) is 0 Å². The number of aromatic amines is 1. The molecule has 22 heteroatoms. The van der Waals surface area contributed by atoms with Crippen molar-refractivity contribution in [2.24, 2.45) is 4.99 Å². The summed E-state index contributed by atoms with van der Waals surface area (Å²) < 4.78 is 10.8. The maximum absolute atomic E-state index is 11.5. The third-order valence-corrected chi connectivity index (χ3v) is 22.7. The smallest absolute Gasteiger partial charge is 0.231 e. The molecule has 15 aromatic heterocycles. The molecule has 3 aliphatic heterocycles. The largest absolute Gasteiger partial charge is 0.454 e. The Labute approximate surface area is 779 Å². The molecule has 2 N–H and O–H groups in total. The van der Waals surface area contributed by atoms with Crippen LogP contribution in [-0.2, 0) is 17.6 Å². The van der Waals surface area contributed by atoms with Crippen LogP contribution in [0.5, 0.6) is 11.5 Å². The summed E-state index contributed by atoms with van der Waals surface area (Å²) in [7, 11) is 0. The van der Waals surface area contributed by atoms with Crippen LogP contribution in [0.1, 0.15) is 45.3 Å². The highest BCUT2D eigenvalue weighted by Crippen LogP contribution is 2.42. The number of ether oxygens (including phenoxy) is 2. The fourth-order valence-electron chi connectivity index (χ4n) is 16.3. The Morgan fingerprint density at radius 1 is 0.296 bits per heavy atom. The molecule has 6 aromatic carbocycles. The van der Waals surface area contributed by atoms with Crippen molar-refractivity contribution in [3.05, 3.63) is 411 Å². The fourth-order valence-corrected chi connectivity index (χ4v) is 16.3. The second-order valence-corrected chi connectivity index (χ2v) is 32.2. The summed E-state index contributed by atoms with van der Waals surface area (Å²) >= 11 is 0. The molecule has 0 saturated heterocycles. The van der Waals surface area contributed by atoms with E-state index in [2.05, 4.69) is 156 Å². The van der Waals surface area contributed by atoms with Gasteiger partial charge in [0.15, 0.2) is 11.5 Å². The van der Waals surface area contributed by atoms with Crippen LogP contribution in [0.15, 0.2) is 371 Å². The van der Waals surface area contributed by atoms with Gasteiger partial charge < -0.3 is 19.8 Å². The number of nitrogens with one attached hydrogen (secondary N) is 2. The van der Waals surface area contributed by atoms with E-state index in [0.29, 0.717) is 6.42 Å². The van der Waals surface area contributed by atoms with E-state index in [4.69, 9.17) is 9.47 Å². The van der Waals surface area contributed by atoms with Gasteiger partial charge in [-0.25, -0.2) is 4.98 Å². The molecule has 0 atom stereocenters. The lowest BCUT2D eigenvalue weighted by Gasteiger charge is -2.10. The Morgan fingerprint density at radius 2 is 0.689 bits per heavy atom. The van der Waals surface area contributed by atoms with Crippen LogP contribution >= 0.6 is 0 Å². The average Bonchev–Trinajstić information content (AvgIpc) is 1.78. The number of anilines is 1. The molecular weight excluding hydrogens is 1670 g/mol. The molecule has 18 heterocycles. The van der Waals surface area contributed by atoms with Crippen LogP contribution in [-0.4, -0.2) is 104 Å². The van der Waals surface area contributed by atoms with Gasteiger partial charge in [0.25, 0.3) is 0 Å². The standard InChI is InChI=1S/C20H15N3.C19H14N4.C19H15N3O.C19H15N3.C18H14N4.C18H14N2O2/c1-14-4-2-6-19(23-14)18-5-3-10-22-20(18)16-7-8-17-13-21-11-9-15(17)12-16;1-13-4-2-6-16(23-13)15-5-3-9-22-19(15)14-7-8-17-18(12-14)21-11-10-20-17;1-12-4-2-6-16(21-12)15-5-3-9-20-19(15)14-8-7-13-11-18(23)22-17(13)10-14;1-13-4-2-6-17(22-13)16-5-3-10-21-19(16)15-8-7-14-9-11-20-18(14)12-15;1-12-4-2-6-15(22-12)14-5-3-9-19-18(14)13-7-8-16-17(10-13)21-11-20-16;1-12-4-2-6-15(20-12)14-5-3-9-19-18(14)13-7-8-16-17(10-13)22-11-21-16/h2-13H,1H3;2-12H,1H3;2-10H,11H2,1H3,(H,22,23);2-8,10-12H,9H2,1H3;2-11H,1H3,(H,20,21);2-10H,11H2,1H3. The Balaban J connectivity index is 0.000000104. The van der Waals surface area contributed by atoms with Crippen molar-refractivity contribution in [2.75, 3.05) is 12.1 Å². The molecule has 0 radical (unpaired) electrons. The molecular formula is C113H87N19O3. The van der Waals surface area contributed by atoms with Crippen molar-refractivity contribution in [1.29, 1.82) is 0 Å². The van der Waals surface area contributed by atoms with Crippen LogP contribution in [0.25, 0.3) is 168 Å². The topological polar surface area (TPSA) is 282 Å². The highest BCUT2D eigenvalue weighted by Gasteiger charge is 2.23. The average molecular weight is 1760 g/mol. The summed E-state index contributed by atoms with van der Waals surface area (Å²) in [6.45, 7) is 12.2. The lowest BCUT2D eigenvalue weighted by molar-refractivity contribution is -0.115. The first-order chi connectivity index (χ1) is 66.3. The molecule has 0 unspecified atom stereocenters. The SMILES string of the molecule is Cc1cccc(-c2cccnc2-c2ccc3c(c2)N=CC3)n1.Cc1cccc(-c2cccnc2-c2ccc3c(c2)NC(=O)C3)n1.Cc1cccc(-c2cccnc2-c2ccc3c(c2)OCO3)n1.Cc1cccc(-c2cccnc2-c2ccc3cnccc3c2)n1.Cc1cccc(-c2cccnc2-c2ccc3nc[nH]c3c2)n1.Cc1cccc(-c2cccnc2-c2ccc3nccnc3c2)n1. The van der Waals surface area contributed by atoms with Crippen molar-refractivity contribution in [3.63, 3.8) is 0 Å². The maximum atomic E-state index is 11.5. The van der Waals surface area contributed by atoms with Crippen molar-refractivity contribution in [3.8, 4) is 147 Å². The molecule has 22 nitrogen and oxygen atoms in total. The lowest BCUT2D eigenvalue weighted by Crippen LogP contribution is -2.03. The van der Waals surface area contributed by atoms with E-state index in [1.165, 1.54) is 5.56 Å². The Hall–Kier alpha value is -17.9. The fraction of sp³-hybridized carbons (Fsp3) is 0.0796. The summed E-state index contributed by atoms with van der Waals surface area (Å²) in [5.74, 6) is 1.57. The van der Waals surface area contributed by atoms with Crippen molar-refractivity contribution < 1.29 is 14.3 Å². The van der Waals surface area contributed by atoms with Gasteiger partial charge in [0, 0.05) is 187 Å². The quantitative estimate of drug-likeness (QED) is 0.115. The van der Waals surface area contributed by atoms with Gasteiger partial charge in [-0.15, -0.1) is 0 Å². The summed E-state index contributed by atoms with van der Waals surface area (Å²) in [6.07, 6.45) is 22.9. The van der Waals surface area contributed by atoms with Crippen molar-refractivity contribution in [1.82, 2.24) is 84.7 Å². The first-order valence-corrected chi connectivity index (χ1v) is 44.1. The van der Waals surface area contributed by atoms with E-state index in [9.17, 15) is 4.79 Å². The van der Waals surface area contributed by atoms with Gasteiger partial charge in [-0.05, 0) is 270 Å². The van der Waals surface area contributed by atoms with Gasteiger partial charge in [0.2, 0.25) is 12.7 Å². The number of benzene rings is 6. The van der Waals surface area contributed by atoms with E-state index in [-0.39, 0.29) is 12.7 Å². The van der Waals surface area contributed by atoms with E-state index in [1.54, 1.807) is 37.3 Å². The second kappa shape index (κ2) is 40.0. The van der Waals surface area contributed by atoms with Crippen LogP contribution in [0.4, 0.5) is 11.4 Å². The third-order valence-electron chi connectivity index (χ3n) is 22.7. The normalized spacial score (nSPS) is 11.7. The molecule has 0 aliphatic carbocycles. The van der Waals surface area contributed by atoms with Crippen LogP contribution < -0.4 is 14.8 Å². The number of hydrogen-bond donors (Lipinski definition) is 2. The lowest BCUT2D eigenvalue weighted by atomic mass is 10.0. The molecule has 24 rings (SSSR count). The van der Waals surface area contributed by atoms with E-state index >= 15 is 0 Å². The summed E-state index contributed by atoms with van der Waals surface area (Å²) in [6, 6.07) is 98.8. The molecule has 135 heavy (non-hydrogen) atoms. The van der Waals surface area contributed by atoms with Crippen LogP contribution in [0, 0.1) is 41.5 Å². The van der Waals surface area contributed by atoms with Gasteiger partial charge >= 0.3 is 0 Å². The number of carbonyl (C=O) groups excluding carboxylic acids is 1. The first-order valence-electron chi connectivity index (χ1n) is 44.1. The first kappa shape index (κ1) is 86.5. The van der Waals surface area contributed by atoms with Gasteiger partial charge in [0.1, 0.15) is 0 Å². The highest BCUT2D eigenvalue weighted by molar-refractivity contribution is 6.00. The number of nitrogens with zero attached hydrogens (tertiary/aromatic N) is 17. The van der Waals surface area contributed by atoms with Gasteiger partial charge in [-0.3, -0.25) is 84.5 Å². The number of hydrogen-bond acceptors (Lipinski definition) is 20. The number of amides is 1. The van der Waals surface area contributed by atoms with Gasteiger partial charge in [0.05, 0.1) is 109 Å².